The summed E-state index contributed by atoms with van der Waals surface area (Å²) in [4.78, 5) is 13.2. The van der Waals surface area contributed by atoms with Gasteiger partial charge in [0.2, 0.25) is 0 Å². The van der Waals surface area contributed by atoms with E-state index in [9.17, 15) is 9.90 Å². The van der Waals surface area contributed by atoms with Gasteiger partial charge in [-0.15, -0.1) is 0 Å². The van der Waals surface area contributed by atoms with Crippen LogP contribution < -0.4 is 0 Å². The molecule has 1 N–H and O–H groups in total. The molecule has 0 aromatic heterocycles. The van der Waals surface area contributed by atoms with Crippen LogP contribution in [0, 0.1) is 17.3 Å². The first-order valence-electron chi connectivity index (χ1n) is 8.43. The number of rotatable bonds is 1. The summed E-state index contributed by atoms with van der Waals surface area (Å²) < 4.78 is 0. The third-order valence-electron chi connectivity index (χ3n) is 6.71. The fraction of sp³-hybridized carbons (Fsp3) is 0.632. The van der Waals surface area contributed by atoms with Gasteiger partial charge in [-0.05, 0) is 0 Å². The Bertz CT molecular complexity index is 626. The Morgan fingerprint density at radius 1 is 1.32 bits per heavy atom. The van der Waals surface area contributed by atoms with Gasteiger partial charge in [0, 0.05) is 0 Å². The number of carbonyl (C=O) groups excluding carboxylic acids is 1. The number of carbonyl (C=O) groups is 1. The molecule has 0 aliphatic heterocycles. The number of aryl methyl sites for hydroxylation is 1. The molecule has 0 spiro atoms. The SMILES string of the molecule is C[Se][C@@H]1C[C@H]2[C@@H]3CCc4cc(O)ccc4[C@H]3CC[C@]2(C)C1=O. The van der Waals surface area contributed by atoms with Crippen LogP contribution >= 0.6 is 0 Å². The molecule has 22 heavy (non-hydrogen) atoms. The van der Waals surface area contributed by atoms with E-state index in [2.05, 4.69) is 18.8 Å². The molecule has 0 amide bonds. The van der Waals surface area contributed by atoms with Crippen molar-refractivity contribution in [2.24, 2.45) is 17.3 Å². The van der Waals surface area contributed by atoms with E-state index in [1.807, 2.05) is 12.1 Å². The minimum atomic E-state index is -0.0436. The molecule has 4 rings (SSSR count). The summed E-state index contributed by atoms with van der Waals surface area (Å²) in [5, 5.41) is 9.73. The first-order valence-corrected chi connectivity index (χ1v) is 11.1. The van der Waals surface area contributed by atoms with Crippen molar-refractivity contribution in [1.29, 1.82) is 0 Å². The van der Waals surface area contributed by atoms with Gasteiger partial charge < -0.3 is 0 Å². The van der Waals surface area contributed by atoms with E-state index in [0.29, 0.717) is 49.1 Å². The van der Waals surface area contributed by atoms with Crippen LogP contribution in [0.3, 0.4) is 0 Å². The molecule has 0 heterocycles. The van der Waals surface area contributed by atoms with E-state index in [-0.39, 0.29) is 5.41 Å². The van der Waals surface area contributed by atoms with Gasteiger partial charge >= 0.3 is 139 Å². The molecule has 1 aromatic carbocycles. The van der Waals surface area contributed by atoms with Gasteiger partial charge in [0.15, 0.2) is 0 Å². The zero-order valence-corrected chi connectivity index (χ0v) is 15.1. The molecule has 2 nitrogen and oxygen atoms in total. The molecule has 0 unspecified atom stereocenters. The van der Waals surface area contributed by atoms with Crippen molar-refractivity contribution >= 4 is 20.7 Å². The summed E-state index contributed by atoms with van der Waals surface area (Å²) in [7, 11) is 0. The summed E-state index contributed by atoms with van der Waals surface area (Å²) in [6, 6.07) is 5.94. The van der Waals surface area contributed by atoms with Gasteiger partial charge in [-0.25, -0.2) is 0 Å². The van der Waals surface area contributed by atoms with Crippen LogP contribution in [0.25, 0.3) is 0 Å². The second-order valence-electron chi connectivity index (χ2n) is 7.58. The third kappa shape index (κ3) is 1.95. The number of aromatic hydroxyl groups is 1. The fourth-order valence-corrected chi connectivity index (χ4v) is 7.39. The van der Waals surface area contributed by atoms with Gasteiger partial charge in [-0.3, -0.25) is 0 Å². The molecule has 0 bridgehead atoms. The van der Waals surface area contributed by atoms with Crippen molar-refractivity contribution in [3.05, 3.63) is 29.3 Å². The second-order valence-corrected chi connectivity index (χ2v) is 9.76. The zero-order chi connectivity index (χ0) is 15.5. The molecule has 0 saturated heterocycles. The Morgan fingerprint density at radius 2 is 2.14 bits per heavy atom. The van der Waals surface area contributed by atoms with Crippen molar-refractivity contribution in [2.45, 2.75) is 55.6 Å². The number of phenolic OH excluding ortho intramolecular Hbond substituents is 1. The summed E-state index contributed by atoms with van der Waals surface area (Å²) in [5.74, 6) is 5.07. The quantitative estimate of drug-likeness (QED) is 0.767. The molecule has 2 fully saturated rings. The van der Waals surface area contributed by atoms with Gasteiger partial charge in [0.1, 0.15) is 0 Å². The van der Waals surface area contributed by atoms with E-state index in [4.69, 9.17) is 0 Å². The Labute approximate surface area is 138 Å². The predicted molar refractivity (Wildman–Crippen MR) is 88.5 cm³/mol. The van der Waals surface area contributed by atoms with Gasteiger partial charge in [-0.2, -0.15) is 0 Å². The Morgan fingerprint density at radius 3 is 2.91 bits per heavy atom. The standard InChI is InChI=1S/C19H24O2Se/c1-19-8-7-14-13-6-4-12(20)9-11(13)3-5-15(14)16(19)10-17(22-2)18(19)21/h4,6,9,14-17,20H,3,5,7-8,10H2,1-2H3/t14-,15-,16+,17-,19+/m1/s1. The molecule has 1 aromatic rings. The molecule has 3 aliphatic carbocycles. The Kier molecular flexibility index (Phi) is 3.43. The van der Waals surface area contributed by atoms with E-state index in [1.165, 1.54) is 17.5 Å². The van der Waals surface area contributed by atoms with Crippen molar-refractivity contribution in [1.82, 2.24) is 0 Å². The summed E-state index contributed by atoms with van der Waals surface area (Å²) in [6.07, 6.45) is 5.60. The van der Waals surface area contributed by atoms with Gasteiger partial charge in [0.05, 0.1) is 0 Å². The number of phenols is 1. The number of ketones is 1. The number of hydrogen-bond donors (Lipinski definition) is 1. The van der Waals surface area contributed by atoms with Crippen molar-refractivity contribution in [2.75, 3.05) is 0 Å². The van der Waals surface area contributed by atoms with Crippen LogP contribution in [0.4, 0.5) is 0 Å². The Balaban J connectivity index is 1.70. The second kappa shape index (κ2) is 5.11. The summed E-state index contributed by atoms with van der Waals surface area (Å²) >= 11 is 0.450. The van der Waals surface area contributed by atoms with Gasteiger partial charge in [0.25, 0.3) is 0 Å². The van der Waals surface area contributed by atoms with Crippen molar-refractivity contribution in [3.63, 3.8) is 0 Å². The van der Waals surface area contributed by atoms with Crippen LogP contribution in [0.5, 0.6) is 5.75 Å². The molecular weight excluding hydrogens is 339 g/mol. The van der Waals surface area contributed by atoms with Crippen LogP contribution in [0.1, 0.15) is 49.7 Å². The molecule has 118 valence electrons. The normalized spacial score (nSPS) is 40.0. The molecular formula is C19H24O2Se. The van der Waals surface area contributed by atoms with E-state index < -0.39 is 0 Å². The van der Waals surface area contributed by atoms with Crippen LogP contribution in [0.2, 0.25) is 10.6 Å². The third-order valence-corrected chi connectivity index (χ3v) is 8.75. The maximum absolute atomic E-state index is 12.8. The number of Topliss-reactive ketones (excluding diaryl/α,β-unsaturated/α-hetero) is 1. The van der Waals surface area contributed by atoms with Crippen LogP contribution in [-0.4, -0.2) is 25.8 Å². The average Bonchev–Trinajstić information content (AvgIpc) is 2.78. The average molecular weight is 363 g/mol. The van der Waals surface area contributed by atoms with Crippen LogP contribution in [-0.2, 0) is 11.2 Å². The molecule has 5 atom stereocenters. The number of fused-ring (bicyclic) bond motifs is 5. The van der Waals surface area contributed by atoms with Crippen molar-refractivity contribution < 1.29 is 9.90 Å². The summed E-state index contributed by atoms with van der Waals surface area (Å²) in [5.41, 5.74) is 2.75. The monoisotopic (exact) mass is 364 g/mol. The first-order chi connectivity index (χ1) is 10.5. The summed E-state index contributed by atoms with van der Waals surface area (Å²) in [6.45, 7) is 2.26. The molecule has 3 aliphatic rings. The first kappa shape index (κ1) is 14.8. The van der Waals surface area contributed by atoms with E-state index >= 15 is 0 Å². The number of benzene rings is 1. The van der Waals surface area contributed by atoms with E-state index in [0.717, 1.165) is 25.7 Å². The zero-order valence-electron chi connectivity index (χ0n) is 13.3. The van der Waals surface area contributed by atoms with E-state index in [1.54, 1.807) is 0 Å². The predicted octanol–water partition coefficient (Wildman–Crippen LogP) is 3.97. The van der Waals surface area contributed by atoms with Crippen molar-refractivity contribution in [3.8, 4) is 5.75 Å². The topological polar surface area (TPSA) is 37.3 Å². The fourth-order valence-electron chi connectivity index (χ4n) is 5.54. The Hall–Kier alpha value is -0.791. The maximum atomic E-state index is 12.8. The minimum absolute atomic E-state index is 0.0436. The van der Waals surface area contributed by atoms with Gasteiger partial charge in [-0.1, -0.05) is 0 Å². The molecule has 2 saturated carbocycles. The van der Waals surface area contributed by atoms with Crippen LogP contribution in [0.15, 0.2) is 18.2 Å². The molecule has 0 radical (unpaired) electrons. The number of hydrogen-bond acceptors (Lipinski definition) is 2. The molecule has 3 heteroatoms.